The topological polar surface area (TPSA) is 52.6 Å². The largest absolute Gasteiger partial charge is 0.388 e. The minimum absolute atomic E-state index is 0.0291. The van der Waals surface area contributed by atoms with Crippen LogP contribution >= 0.6 is 0 Å². The van der Waals surface area contributed by atoms with Crippen molar-refractivity contribution in [1.29, 1.82) is 0 Å². The van der Waals surface area contributed by atoms with Gasteiger partial charge in [0.15, 0.2) is 0 Å². The molecule has 0 aromatic heterocycles. The summed E-state index contributed by atoms with van der Waals surface area (Å²) in [7, 11) is 0. The zero-order valence-electron chi connectivity index (χ0n) is 13.2. The van der Waals surface area contributed by atoms with Crippen LogP contribution in [0.2, 0.25) is 0 Å². The van der Waals surface area contributed by atoms with Crippen LogP contribution < -0.4 is 5.32 Å². The minimum Gasteiger partial charge on any atom is -0.388 e. The van der Waals surface area contributed by atoms with Crippen LogP contribution in [-0.4, -0.2) is 47.2 Å². The number of hydrogen-bond acceptors (Lipinski definition) is 3. The first-order valence-corrected chi connectivity index (χ1v) is 8.10. The van der Waals surface area contributed by atoms with E-state index < -0.39 is 5.60 Å². The molecular formula is C16H30N2O2. The number of carbonyl (C=O) groups is 1. The maximum absolute atomic E-state index is 12.3. The lowest BCUT2D eigenvalue weighted by Gasteiger charge is -2.42. The lowest BCUT2D eigenvalue weighted by molar-refractivity contribution is -0.134. The van der Waals surface area contributed by atoms with Crippen molar-refractivity contribution in [3.63, 3.8) is 0 Å². The van der Waals surface area contributed by atoms with Gasteiger partial charge in [-0.3, -0.25) is 4.79 Å². The van der Waals surface area contributed by atoms with Crippen LogP contribution in [0.1, 0.15) is 59.3 Å². The van der Waals surface area contributed by atoms with Crippen LogP contribution in [0.25, 0.3) is 0 Å². The lowest BCUT2D eigenvalue weighted by Crippen LogP contribution is -2.49. The summed E-state index contributed by atoms with van der Waals surface area (Å²) in [5.41, 5.74) is -0.322. The van der Waals surface area contributed by atoms with Crippen molar-refractivity contribution in [2.24, 2.45) is 5.41 Å². The average Bonchev–Trinajstić information content (AvgIpc) is 2.73. The molecule has 1 unspecified atom stereocenters. The Morgan fingerprint density at radius 3 is 2.55 bits per heavy atom. The van der Waals surface area contributed by atoms with Gasteiger partial charge in [-0.05, 0) is 50.5 Å². The maximum Gasteiger partial charge on any atom is 0.239 e. The molecule has 1 atom stereocenters. The van der Waals surface area contributed by atoms with E-state index in [2.05, 4.69) is 26.1 Å². The number of rotatable bonds is 5. The number of aliphatic hydroxyl groups is 1. The first-order valence-electron chi connectivity index (χ1n) is 8.10. The SMILES string of the molecule is CCCNC1CCN(CC2(O)CCC(C)(C)CC2)C1=O. The van der Waals surface area contributed by atoms with Gasteiger partial charge in [0.25, 0.3) is 0 Å². The molecule has 0 spiro atoms. The van der Waals surface area contributed by atoms with E-state index in [0.29, 0.717) is 12.0 Å². The number of carbonyl (C=O) groups excluding carboxylic acids is 1. The number of amides is 1. The van der Waals surface area contributed by atoms with Gasteiger partial charge in [-0.25, -0.2) is 0 Å². The Morgan fingerprint density at radius 1 is 1.30 bits per heavy atom. The second-order valence-electron chi connectivity index (χ2n) is 7.44. The van der Waals surface area contributed by atoms with Gasteiger partial charge in [-0.1, -0.05) is 20.8 Å². The molecule has 2 fully saturated rings. The van der Waals surface area contributed by atoms with E-state index in [4.69, 9.17) is 0 Å². The van der Waals surface area contributed by atoms with Crippen molar-refractivity contribution < 1.29 is 9.90 Å². The molecule has 2 N–H and O–H groups in total. The zero-order valence-corrected chi connectivity index (χ0v) is 13.2. The van der Waals surface area contributed by atoms with Crippen molar-refractivity contribution in [1.82, 2.24) is 10.2 Å². The summed E-state index contributed by atoms with van der Waals surface area (Å²) in [6, 6.07) is -0.0291. The Balaban J connectivity index is 1.86. The molecule has 0 aromatic rings. The van der Waals surface area contributed by atoms with Gasteiger partial charge < -0.3 is 15.3 Å². The predicted octanol–water partition coefficient (Wildman–Crippen LogP) is 1.92. The van der Waals surface area contributed by atoms with Crippen molar-refractivity contribution in [3.8, 4) is 0 Å². The number of likely N-dealkylation sites (tertiary alicyclic amines) is 1. The molecule has 0 bridgehead atoms. The molecule has 1 heterocycles. The molecule has 20 heavy (non-hydrogen) atoms. The molecule has 1 saturated heterocycles. The normalized spacial score (nSPS) is 28.9. The van der Waals surface area contributed by atoms with Crippen LogP contribution in [0.15, 0.2) is 0 Å². The van der Waals surface area contributed by atoms with E-state index >= 15 is 0 Å². The van der Waals surface area contributed by atoms with Crippen molar-refractivity contribution >= 4 is 5.91 Å². The number of hydrogen-bond donors (Lipinski definition) is 2. The van der Waals surface area contributed by atoms with Gasteiger partial charge in [0.2, 0.25) is 5.91 Å². The third-order valence-corrected chi connectivity index (χ3v) is 4.96. The fourth-order valence-electron chi connectivity index (χ4n) is 3.31. The highest BCUT2D eigenvalue weighted by Crippen LogP contribution is 2.40. The monoisotopic (exact) mass is 282 g/mol. The van der Waals surface area contributed by atoms with E-state index in [1.807, 2.05) is 4.90 Å². The Morgan fingerprint density at radius 2 is 1.95 bits per heavy atom. The third kappa shape index (κ3) is 3.73. The van der Waals surface area contributed by atoms with E-state index in [1.54, 1.807) is 0 Å². The first-order chi connectivity index (χ1) is 9.35. The van der Waals surface area contributed by atoms with Crippen molar-refractivity contribution in [2.75, 3.05) is 19.6 Å². The Kier molecular flexibility index (Phi) is 4.75. The molecule has 2 rings (SSSR count). The molecule has 1 aliphatic carbocycles. The summed E-state index contributed by atoms with van der Waals surface area (Å²) in [6.45, 7) is 8.83. The zero-order chi connectivity index (χ0) is 14.8. The van der Waals surface area contributed by atoms with E-state index in [0.717, 1.165) is 51.6 Å². The van der Waals surface area contributed by atoms with Crippen LogP contribution in [0.5, 0.6) is 0 Å². The summed E-state index contributed by atoms with van der Waals surface area (Å²) < 4.78 is 0. The first kappa shape index (κ1) is 15.8. The van der Waals surface area contributed by atoms with E-state index in [9.17, 15) is 9.90 Å². The molecule has 116 valence electrons. The minimum atomic E-state index is -0.662. The summed E-state index contributed by atoms with van der Waals surface area (Å²) in [5, 5.41) is 14.0. The number of nitrogens with zero attached hydrogens (tertiary/aromatic N) is 1. The second-order valence-corrected chi connectivity index (χ2v) is 7.44. The molecule has 0 radical (unpaired) electrons. The van der Waals surface area contributed by atoms with Gasteiger partial charge in [0.05, 0.1) is 11.6 Å². The van der Waals surface area contributed by atoms with Crippen LogP contribution in [0.4, 0.5) is 0 Å². The molecule has 2 aliphatic rings. The highest BCUT2D eigenvalue weighted by atomic mass is 16.3. The van der Waals surface area contributed by atoms with Gasteiger partial charge in [0, 0.05) is 13.1 Å². The van der Waals surface area contributed by atoms with Gasteiger partial charge in [0.1, 0.15) is 0 Å². The fraction of sp³-hybridized carbons (Fsp3) is 0.938. The molecule has 1 amide bonds. The molecular weight excluding hydrogens is 252 g/mol. The van der Waals surface area contributed by atoms with Crippen LogP contribution in [-0.2, 0) is 4.79 Å². The molecule has 1 saturated carbocycles. The summed E-state index contributed by atoms with van der Waals surface area (Å²) in [5.74, 6) is 0.178. The highest BCUT2D eigenvalue weighted by Gasteiger charge is 2.41. The van der Waals surface area contributed by atoms with Gasteiger partial charge in [-0.2, -0.15) is 0 Å². The highest BCUT2D eigenvalue weighted by molar-refractivity contribution is 5.84. The van der Waals surface area contributed by atoms with Crippen molar-refractivity contribution in [3.05, 3.63) is 0 Å². The van der Waals surface area contributed by atoms with E-state index in [1.165, 1.54) is 0 Å². The predicted molar refractivity (Wildman–Crippen MR) is 80.5 cm³/mol. The van der Waals surface area contributed by atoms with Crippen molar-refractivity contribution in [2.45, 2.75) is 70.9 Å². The fourth-order valence-corrected chi connectivity index (χ4v) is 3.31. The summed E-state index contributed by atoms with van der Waals surface area (Å²) in [6.07, 6.45) is 5.64. The Bertz CT molecular complexity index is 344. The molecule has 4 nitrogen and oxygen atoms in total. The maximum atomic E-state index is 12.3. The molecule has 1 aliphatic heterocycles. The molecule has 4 heteroatoms. The Hall–Kier alpha value is -0.610. The average molecular weight is 282 g/mol. The number of nitrogens with one attached hydrogen (secondary N) is 1. The quantitative estimate of drug-likeness (QED) is 0.810. The summed E-state index contributed by atoms with van der Waals surface area (Å²) in [4.78, 5) is 14.2. The summed E-state index contributed by atoms with van der Waals surface area (Å²) >= 11 is 0. The standard InChI is InChI=1S/C16H30N2O2/c1-4-10-17-13-5-11-18(14(13)19)12-16(20)8-6-15(2,3)7-9-16/h13,17,20H,4-12H2,1-3H3. The van der Waals surface area contributed by atoms with Gasteiger partial charge >= 0.3 is 0 Å². The number of β-amino-alcohol motifs (C(OH)–C–C–N with tert-alkyl or cyclic N) is 1. The van der Waals surface area contributed by atoms with Crippen LogP contribution in [0, 0.1) is 5.41 Å². The smallest absolute Gasteiger partial charge is 0.239 e. The third-order valence-electron chi connectivity index (χ3n) is 4.96. The lowest BCUT2D eigenvalue weighted by atomic mass is 9.71. The van der Waals surface area contributed by atoms with Crippen LogP contribution in [0.3, 0.4) is 0 Å². The van der Waals surface area contributed by atoms with E-state index in [-0.39, 0.29) is 11.9 Å². The molecule has 0 aromatic carbocycles. The van der Waals surface area contributed by atoms with Gasteiger partial charge in [-0.15, -0.1) is 0 Å². The second kappa shape index (κ2) is 6.02. The Labute approximate surface area is 122 Å².